The molecular weight excluding hydrogens is 365 g/mol. The third-order valence-electron chi connectivity index (χ3n) is 4.43. The largest absolute Gasteiger partial charge is 0.490 e. The lowest BCUT2D eigenvalue weighted by atomic mass is 10.1. The highest BCUT2D eigenvalue weighted by atomic mass is 19.4. The summed E-state index contributed by atoms with van der Waals surface area (Å²) < 4.78 is 43.5. The van der Waals surface area contributed by atoms with Crippen molar-refractivity contribution in [3.63, 3.8) is 0 Å². The lowest BCUT2D eigenvalue weighted by Gasteiger charge is -2.39. The number of nitrogens with zero attached hydrogens (tertiary/aromatic N) is 2. The van der Waals surface area contributed by atoms with Crippen molar-refractivity contribution in [2.45, 2.75) is 43.8 Å². The van der Waals surface area contributed by atoms with Crippen LogP contribution in [0.25, 0.3) is 0 Å². The predicted molar refractivity (Wildman–Crippen MR) is 91.0 cm³/mol. The van der Waals surface area contributed by atoms with Crippen molar-refractivity contribution >= 4 is 5.97 Å². The summed E-state index contributed by atoms with van der Waals surface area (Å²) in [5, 5.41) is 7.12. The molecule has 1 aliphatic heterocycles. The lowest BCUT2D eigenvalue weighted by molar-refractivity contribution is -0.192. The summed E-state index contributed by atoms with van der Waals surface area (Å²) in [5.41, 5.74) is 1.27. The molecule has 0 unspecified atom stereocenters. The molecule has 1 aromatic rings. The van der Waals surface area contributed by atoms with Crippen LogP contribution in [0.15, 0.2) is 37.2 Å². The van der Waals surface area contributed by atoms with E-state index >= 15 is 0 Å². The highest BCUT2D eigenvalue weighted by Gasteiger charge is 2.43. The number of fused-ring (bicyclic) bond motifs is 1. The van der Waals surface area contributed by atoms with Gasteiger partial charge in [0.2, 0.25) is 0 Å². The number of hydrogen-bond acceptors (Lipinski definition) is 5. The zero-order valence-corrected chi connectivity index (χ0v) is 14.8. The number of ether oxygens (including phenoxy) is 2. The van der Waals surface area contributed by atoms with Crippen LogP contribution in [0.3, 0.4) is 0 Å². The molecule has 1 N–H and O–H groups in total. The summed E-state index contributed by atoms with van der Waals surface area (Å²) >= 11 is 0. The van der Waals surface area contributed by atoms with Gasteiger partial charge in [0.25, 0.3) is 0 Å². The minimum Gasteiger partial charge on any atom is -0.475 e. The van der Waals surface area contributed by atoms with E-state index in [1.807, 2.05) is 24.5 Å². The Morgan fingerprint density at radius 1 is 1.48 bits per heavy atom. The van der Waals surface area contributed by atoms with E-state index in [1.165, 1.54) is 5.56 Å². The summed E-state index contributed by atoms with van der Waals surface area (Å²) in [5.74, 6) is -2.76. The second kappa shape index (κ2) is 9.82. The number of hydrogen-bond donors (Lipinski definition) is 1. The van der Waals surface area contributed by atoms with E-state index in [2.05, 4.69) is 22.5 Å². The van der Waals surface area contributed by atoms with E-state index < -0.39 is 12.1 Å². The molecule has 0 bridgehead atoms. The third kappa shape index (κ3) is 6.30. The second-order valence-electron chi connectivity index (χ2n) is 6.28. The number of aliphatic carboxylic acids is 1. The van der Waals surface area contributed by atoms with Crippen LogP contribution in [0.1, 0.15) is 18.4 Å². The van der Waals surface area contributed by atoms with Crippen LogP contribution in [0.2, 0.25) is 0 Å². The first-order chi connectivity index (χ1) is 12.8. The average Bonchev–Trinajstić information content (AvgIpc) is 3.05. The van der Waals surface area contributed by atoms with Crippen molar-refractivity contribution in [2.24, 2.45) is 0 Å². The Morgan fingerprint density at radius 3 is 2.81 bits per heavy atom. The van der Waals surface area contributed by atoms with Crippen molar-refractivity contribution < 1.29 is 32.5 Å². The number of halogens is 3. The van der Waals surface area contributed by atoms with Crippen LogP contribution in [0.4, 0.5) is 13.2 Å². The quantitative estimate of drug-likeness (QED) is 0.782. The normalized spacial score (nSPS) is 25.2. The average molecular weight is 388 g/mol. The van der Waals surface area contributed by atoms with Gasteiger partial charge in [-0.05, 0) is 24.5 Å². The molecule has 0 spiro atoms. The summed E-state index contributed by atoms with van der Waals surface area (Å²) in [6.45, 7) is 7.05. The van der Waals surface area contributed by atoms with Gasteiger partial charge in [-0.3, -0.25) is 9.88 Å². The van der Waals surface area contributed by atoms with Crippen molar-refractivity contribution in [3.05, 3.63) is 42.7 Å². The van der Waals surface area contributed by atoms with Crippen LogP contribution in [0.5, 0.6) is 0 Å². The molecule has 3 atom stereocenters. The standard InChI is InChI=1S/C16H22N2O2.C2HF3O2/c1-2-9-19-15-6-5-14-16(15)20-10-8-18(14)12-13-4-3-7-17-11-13;3-2(4,5)1(6)7/h2-4,7,11,14-16H,1,5-6,8-10,12H2;(H,6,7)/t14-,15+,16+;/m0./s1. The van der Waals surface area contributed by atoms with Crippen molar-refractivity contribution in [3.8, 4) is 0 Å². The van der Waals surface area contributed by atoms with E-state index in [1.54, 1.807) is 0 Å². The maximum Gasteiger partial charge on any atom is 0.490 e. The Kier molecular flexibility index (Phi) is 7.76. The number of carboxylic acid groups (broad SMARTS) is 1. The fourth-order valence-corrected chi connectivity index (χ4v) is 3.28. The Labute approximate surface area is 155 Å². The first-order valence-corrected chi connectivity index (χ1v) is 8.60. The first-order valence-electron chi connectivity index (χ1n) is 8.60. The molecule has 2 fully saturated rings. The summed E-state index contributed by atoms with van der Waals surface area (Å²) in [6, 6.07) is 4.61. The molecule has 1 saturated heterocycles. The predicted octanol–water partition coefficient (Wildman–Crippen LogP) is 2.65. The van der Waals surface area contributed by atoms with Gasteiger partial charge in [0.05, 0.1) is 25.4 Å². The summed E-state index contributed by atoms with van der Waals surface area (Å²) in [4.78, 5) is 15.6. The molecule has 2 aliphatic rings. The number of alkyl halides is 3. The van der Waals surface area contributed by atoms with Gasteiger partial charge in [-0.1, -0.05) is 12.1 Å². The summed E-state index contributed by atoms with van der Waals surface area (Å²) in [6.07, 6.45) is 3.14. The Hall–Kier alpha value is -1.97. The minimum atomic E-state index is -5.08. The van der Waals surface area contributed by atoms with E-state index in [9.17, 15) is 13.2 Å². The molecule has 1 saturated carbocycles. The molecule has 150 valence electrons. The minimum absolute atomic E-state index is 0.209. The zero-order valence-electron chi connectivity index (χ0n) is 14.8. The molecule has 3 rings (SSSR count). The van der Waals surface area contributed by atoms with Crippen molar-refractivity contribution in [1.29, 1.82) is 0 Å². The van der Waals surface area contributed by atoms with Gasteiger partial charge in [0.1, 0.15) is 0 Å². The molecule has 1 aromatic heterocycles. The van der Waals surface area contributed by atoms with E-state index in [0.717, 1.165) is 32.5 Å². The first kappa shape index (κ1) is 21.3. The number of aromatic nitrogens is 1. The van der Waals surface area contributed by atoms with E-state index in [-0.39, 0.29) is 12.2 Å². The van der Waals surface area contributed by atoms with Crippen LogP contribution in [0, 0.1) is 0 Å². The fourth-order valence-electron chi connectivity index (χ4n) is 3.28. The maximum atomic E-state index is 10.6. The van der Waals surface area contributed by atoms with Crippen LogP contribution >= 0.6 is 0 Å². The number of rotatable bonds is 5. The highest BCUT2D eigenvalue weighted by molar-refractivity contribution is 5.73. The molecule has 2 heterocycles. The molecule has 27 heavy (non-hydrogen) atoms. The van der Waals surface area contributed by atoms with E-state index in [4.69, 9.17) is 19.4 Å². The Morgan fingerprint density at radius 2 is 2.22 bits per heavy atom. The van der Waals surface area contributed by atoms with Crippen LogP contribution in [-0.2, 0) is 20.8 Å². The van der Waals surface area contributed by atoms with Crippen molar-refractivity contribution in [1.82, 2.24) is 9.88 Å². The molecule has 0 amide bonds. The molecule has 6 nitrogen and oxygen atoms in total. The molecule has 0 aromatic carbocycles. The fraction of sp³-hybridized carbons (Fsp3) is 0.556. The van der Waals surface area contributed by atoms with Gasteiger partial charge in [-0.15, -0.1) is 6.58 Å². The lowest BCUT2D eigenvalue weighted by Crippen LogP contribution is -2.51. The van der Waals surface area contributed by atoms with Gasteiger partial charge in [-0.2, -0.15) is 13.2 Å². The second-order valence-corrected chi connectivity index (χ2v) is 6.28. The van der Waals surface area contributed by atoms with Gasteiger partial charge in [0.15, 0.2) is 0 Å². The van der Waals surface area contributed by atoms with Crippen molar-refractivity contribution in [2.75, 3.05) is 19.8 Å². The monoisotopic (exact) mass is 388 g/mol. The maximum absolute atomic E-state index is 10.6. The summed E-state index contributed by atoms with van der Waals surface area (Å²) in [7, 11) is 0. The number of pyridine rings is 1. The Balaban J connectivity index is 0.000000321. The topological polar surface area (TPSA) is 71.9 Å². The number of morpholine rings is 1. The molecule has 9 heteroatoms. The van der Waals surface area contributed by atoms with Gasteiger partial charge >= 0.3 is 12.1 Å². The van der Waals surface area contributed by atoms with Crippen LogP contribution in [-0.4, -0.2) is 65.1 Å². The van der Waals surface area contributed by atoms with E-state index in [0.29, 0.717) is 12.6 Å². The number of carbonyl (C=O) groups is 1. The molecule has 0 radical (unpaired) electrons. The highest BCUT2D eigenvalue weighted by Crippen LogP contribution is 2.32. The third-order valence-corrected chi connectivity index (χ3v) is 4.43. The van der Waals surface area contributed by atoms with Gasteiger partial charge < -0.3 is 14.6 Å². The SMILES string of the molecule is C=CCO[C@@H]1CC[C@H]2[C@H]1OCCN2Cc1cccnc1.O=C(O)C(F)(F)F. The zero-order chi connectivity index (χ0) is 19.9. The van der Waals surface area contributed by atoms with Gasteiger partial charge in [0, 0.05) is 31.5 Å². The molecule has 1 aliphatic carbocycles. The van der Waals surface area contributed by atoms with Gasteiger partial charge in [-0.25, -0.2) is 4.79 Å². The molecular formula is C18H23F3N2O4. The smallest absolute Gasteiger partial charge is 0.475 e. The Bertz CT molecular complexity index is 612. The number of carboxylic acids is 1. The van der Waals surface area contributed by atoms with Crippen LogP contribution < -0.4 is 0 Å².